The Morgan fingerprint density at radius 3 is 2.67 bits per heavy atom. The molecule has 3 rings (SSSR count). The third-order valence-corrected chi connectivity index (χ3v) is 6.01. The lowest BCUT2D eigenvalue weighted by Crippen LogP contribution is -2.32. The van der Waals surface area contributed by atoms with Gasteiger partial charge in [-0.2, -0.15) is 0 Å². The van der Waals surface area contributed by atoms with E-state index < -0.39 is 9.84 Å². The average Bonchev–Trinajstić information content (AvgIpc) is 2.87. The largest absolute Gasteiger partial charge is 0.491 e. The molecule has 0 fully saturated rings. The fourth-order valence-corrected chi connectivity index (χ4v) is 3.20. The summed E-state index contributed by atoms with van der Waals surface area (Å²) in [6, 6.07) is 7.02. The summed E-state index contributed by atoms with van der Waals surface area (Å²) < 4.78 is 29.0. The minimum Gasteiger partial charge on any atom is -0.491 e. The lowest BCUT2D eigenvalue weighted by Gasteiger charge is -2.19. The maximum absolute atomic E-state index is 13.2. The van der Waals surface area contributed by atoms with Gasteiger partial charge in [0.1, 0.15) is 18.2 Å². The Kier molecular flexibility index (Phi) is 6.47. The average molecular weight is 426 g/mol. The Bertz CT molecular complexity index is 1120. The lowest BCUT2D eigenvalue weighted by molar-refractivity contribution is 0.0738. The summed E-state index contributed by atoms with van der Waals surface area (Å²) in [6.07, 6.45) is 9.24. The van der Waals surface area contributed by atoms with Crippen LogP contribution in [-0.4, -0.2) is 48.6 Å². The van der Waals surface area contributed by atoms with Crippen LogP contribution in [0.5, 0.6) is 5.75 Å². The summed E-state index contributed by atoms with van der Waals surface area (Å²) >= 11 is 0. The Hall–Kier alpha value is -3.26. The second-order valence-corrected chi connectivity index (χ2v) is 9.02. The van der Waals surface area contributed by atoms with E-state index in [1.165, 1.54) is 13.0 Å². The van der Waals surface area contributed by atoms with E-state index in [9.17, 15) is 13.2 Å². The summed E-state index contributed by atoms with van der Waals surface area (Å²) in [5.41, 5.74) is 1.85. The van der Waals surface area contributed by atoms with Crippen LogP contribution in [0.3, 0.4) is 0 Å². The molecule has 0 unspecified atom stereocenters. The Labute approximate surface area is 176 Å². The highest BCUT2D eigenvalue weighted by atomic mass is 32.2. The van der Waals surface area contributed by atoms with Crippen molar-refractivity contribution >= 4 is 21.3 Å². The number of amides is 1. The number of allylic oxidation sites excluding steroid dienone is 5. The van der Waals surface area contributed by atoms with Crippen LogP contribution in [0.25, 0.3) is 5.57 Å². The molecule has 7 nitrogen and oxygen atoms in total. The van der Waals surface area contributed by atoms with Gasteiger partial charge >= 0.3 is 0 Å². The number of aromatic nitrogens is 2. The molecule has 1 aromatic heterocycles. The van der Waals surface area contributed by atoms with E-state index in [0.29, 0.717) is 35.9 Å². The molecule has 1 aromatic carbocycles. The molecule has 0 spiro atoms. The fourth-order valence-electron chi connectivity index (χ4n) is 2.89. The molecular formula is C22H23N3O4S. The number of ether oxygens (including phenoxy) is 1. The highest BCUT2D eigenvalue weighted by molar-refractivity contribution is 7.94. The van der Waals surface area contributed by atoms with Gasteiger partial charge in [-0.3, -0.25) is 4.79 Å². The van der Waals surface area contributed by atoms with E-state index in [2.05, 4.69) is 16.5 Å². The van der Waals surface area contributed by atoms with Crippen LogP contribution in [-0.2, 0) is 16.4 Å². The first-order valence-corrected chi connectivity index (χ1v) is 11.2. The molecular weight excluding hydrogens is 402 g/mol. The molecule has 0 radical (unpaired) electrons. The quantitative estimate of drug-likeness (QED) is 0.661. The topological polar surface area (TPSA) is 89.5 Å². The van der Waals surface area contributed by atoms with Gasteiger partial charge in [-0.1, -0.05) is 24.8 Å². The number of benzene rings is 1. The number of carbonyl (C=O) groups is 1. The summed E-state index contributed by atoms with van der Waals surface area (Å²) in [4.78, 5) is 23.4. The molecule has 156 valence electrons. The highest BCUT2D eigenvalue weighted by Crippen LogP contribution is 2.28. The van der Waals surface area contributed by atoms with Gasteiger partial charge in [-0.05, 0) is 42.3 Å². The van der Waals surface area contributed by atoms with Gasteiger partial charge < -0.3 is 9.64 Å². The van der Waals surface area contributed by atoms with Crippen molar-refractivity contribution in [2.75, 3.05) is 19.4 Å². The van der Waals surface area contributed by atoms with Crippen molar-refractivity contribution in [2.24, 2.45) is 0 Å². The van der Waals surface area contributed by atoms with Gasteiger partial charge in [0, 0.05) is 23.6 Å². The van der Waals surface area contributed by atoms with Gasteiger partial charge in [0.2, 0.25) is 0 Å². The molecule has 0 saturated heterocycles. The van der Waals surface area contributed by atoms with Crippen LogP contribution < -0.4 is 4.74 Å². The second kappa shape index (κ2) is 9.04. The molecule has 0 aliphatic carbocycles. The number of sulfone groups is 1. The van der Waals surface area contributed by atoms with Crippen molar-refractivity contribution in [3.63, 3.8) is 0 Å². The zero-order chi connectivity index (χ0) is 21.7. The van der Waals surface area contributed by atoms with Crippen LogP contribution in [0, 0.1) is 0 Å². The Morgan fingerprint density at radius 2 is 2.00 bits per heavy atom. The number of hydrogen-bond donors (Lipinski definition) is 0. The smallest absolute Gasteiger partial charge is 0.258 e. The van der Waals surface area contributed by atoms with Gasteiger partial charge in [0.15, 0.2) is 9.84 Å². The number of carbonyl (C=O) groups excluding carboxylic acids is 1. The van der Waals surface area contributed by atoms with Gasteiger partial charge in [-0.25, -0.2) is 18.4 Å². The SMILES string of the molecule is C=C/C(=C\C=C(/C)S(C)(=O)=O)c1ccc2c(c1)C(=O)N(Cc1ncccn1)CCO2. The molecule has 1 amide bonds. The number of hydrogen-bond acceptors (Lipinski definition) is 6. The fraction of sp³-hybridized carbons (Fsp3) is 0.227. The summed E-state index contributed by atoms with van der Waals surface area (Å²) in [5.74, 6) is 0.882. The zero-order valence-corrected chi connectivity index (χ0v) is 17.7. The maximum atomic E-state index is 13.2. The van der Waals surface area contributed by atoms with Gasteiger partial charge in [-0.15, -0.1) is 0 Å². The minimum absolute atomic E-state index is 0.178. The van der Waals surface area contributed by atoms with Crippen LogP contribution in [0.2, 0.25) is 0 Å². The van der Waals surface area contributed by atoms with E-state index in [1.807, 2.05) is 6.07 Å². The van der Waals surface area contributed by atoms with Crippen LogP contribution in [0.4, 0.5) is 0 Å². The molecule has 8 heteroatoms. The lowest BCUT2D eigenvalue weighted by atomic mass is 10.0. The molecule has 2 heterocycles. The molecule has 0 atom stereocenters. The third-order valence-electron chi connectivity index (χ3n) is 4.70. The Balaban J connectivity index is 1.94. The number of nitrogens with zero attached hydrogens (tertiary/aromatic N) is 3. The minimum atomic E-state index is -3.26. The molecule has 1 aliphatic heterocycles. The normalized spacial score (nSPS) is 15.3. The van der Waals surface area contributed by atoms with E-state index in [4.69, 9.17) is 4.74 Å². The van der Waals surface area contributed by atoms with Crippen LogP contribution in [0.15, 0.2) is 66.4 Å². The molecule has 1 aliphatic rings. The van der Waals surface area contributed by atoms with E-state index >= 15 is 0 Å². The first-order valence-electron chi connectivity index (χ1n) is 9.33. The zero-order valence-electron chi connectivity index (χ0n) is 16.9. The van der Waals surface area contributed by atoms with Gasteiger partial charge in [0.25, 0.3) is 5.91 Å². The van der Waals surface area contributed by atoms with Crippen molar-refractivity contribution in [2.45, 2.75) is 13.5 Å². The molecule has 30 heavy (non-hydrogen) atoms. The molecule has 0 bridgehead atoms. The van der Waals surface area contributed by atoms with Crippen molar-refractivity contribution in [3.05, 3.63) is 83.3 Å². The van der Waals surface area contributed by atoms with Gasteiger partial charge in [0.05, 0.1) is 18.7 Å². The van der Waals surface area contributed by atoms with Crippen LogP contribution >= 0.6 is 0 Å². The van der Waals surface area contributed by atoms with E-state index in [-0.39, 0.29) is 17.4 Å². The number of rotatable bonds is 6. The van der Waals surface area contributed by atoms with Crippen molar-refractivity contribution in [3.8, 4) is 5.75 Å². The van der Waals surface area contributed by atoms with Crippen molar-refractivity contribution < 1.29 is 17.9 Å². The predicted molar refractivity (Wildman–Crippen MR) is 115 cm³/mol. The second-order valence-electron chi connectivity index (χ2n) is 6.83. The van der Waals surface area contributed by atoms with Crippen molar-refractivity contribution in [1.29, 1.82) is 0 Å². The highest BCUT2D eigenvalue weighted by Gasteiger charge is 2.25. The maximum Gasteiger partial charge on any atom is 0.258 e. The summed E-state index contributed by atoms with van der Waals surface area (Å²) in [6.45, 7) is 6.41. The van der Waals surface area contributed by atoms with Crippen molar-refractivity contribution in [1.82, 2.24) is 14.9 Å². The van der Waals surface area contributed by atoms with Crippen LogP contribution in [0.1, 0.15) is 28.7 Å². The standard InChI is InChI=1S/C22H23N3O4S/c1-4-17(7-6-16(2)30(3,27)28)18-8-9-20-19(14-18)22(26)25(12-13-29-20)15-21-23-10-5-11-24-21/h4-11,14H,1,12-13,15H2,2-3H3/b16-6+,17-7+. The Morgan fingerprint density at radius 1 is 1.27 bits per heavy atom. The molecule has 2 aromatic rings. The monoisotopic (exact) mass is 425 g/mol. The summed E-state index contributed by atoms with van der Waals surface area (Å²) in [5, 5.41) is 0. The predicted octanol–water partition coefficient (Wildman–Crippen LogP) is 3.03. The number of fused-ring (bicyclic) bond motifs is 1. The molecule has 0 saturated carbocycles. The van der Waals surface area contributed by atoms with E-state index in [1.54, 1.807) is 47.6 Å². The first-order chi connectivity index (χ1) is 14.3. The van der Waals surface area contributed by atoms with E-state index in [0.717, 1.165) is 11.8 Å². The third kappa shape index (κ3) is 5.01. The summed E-state index contributed by atoms with van der Waals surface area (Å²) in [7, 11) is -3.26. The first kappa shape index (κ1) is 21.4. The molecule has 0 N–H and O–H groups in total.